The van der Waals surface area contributed by atoms with Crippen molar-refractivity contribution in [2.45, 2.75) is 212 Å². The molecule has 2 aromatic carbocycles. The molecule has 7 aliphatic heterocycles. The van der Waals surface area contributed by atoms with E-state index in [1.54, 1.807) is 74.7 Å². The van der Waals surface area contributed by atoms with Gasteiger partial charge in [0.25, 0.3) is 29.5 Å². The van der Waals surface area contributed by atoms with Crippen LogP contribution >= 0.6 is 0 Å². The number of ketones is 3. The third-order valence-electron chi connectivity index (χ3n) is 28.0. The Morgan fingerprint density at radius 1 is 0.652 bits per heavy atom. The minimum atomic E-state index is -2.52. The first-order chi connectivity index (χ1) is 65.0. The summed E-state index contributed by atoms with van der Waals surface area (Å²) in [6.07, 6.45) is 17.3. The smallest absolute Gasteiger partial charge is 0.410 e. The first kappa shape index (κ1) is 95.7. The molecule has 135 heavy (non-hydrogen) atoms. The number of cyclic esters (lactones) is 1. The molecule has 8 aliphatic rings. The number of Topliss-reactive ketones (excluding diaryl/α,β-unsaturated/α-hetero) is 3. The van der Waals surface area contributed by atoms with Gasteiger partial charge < -0.3 is 94.9 Å². The SMILES string of the molecule is CO[C@H]1C[C@@H]2CC[C@@H](C)[C@@](O)(O2)C(=O)C(=O)N2CCCC[C@H]2C(=O)O[C@H]([C@H](N)C[C@@H]2CC[C@@H](OC(=O)N3CCc4nc(N5CCN(c6ncc(C(=O)N7CCN(c8ncc(C(=O)N9CCc%10cc(Cn%11nc(-c%12ccc%13oc(N)nc%13c%12)c%12c(N)ncnc%12%11)ccc%10C9)cn8)CC7)cn6)CC5)ncc4C3)[C@H](OC)C2)CC(=O)[C@H](C)/C=C(\C)[C@@H](O)[C@@H](O)C(=O)[C@H](C)C[C@H](C)/C=C/C=C/C=C/1C. The largest absolute Gasteiger partial charge is 0.459 e. The Bertz CT molecular complexity index is 5830. The Kier molecular flexibility index (Phi) is 29.6. The maximum absolute atomic E-state index is 14.8. The highest BCUT2D eigenvalue weighted by Gasteiger charge is 2.54. The topological polar surface area (TPSA) is 491 Å². The van der Waals surface area contributed by atoms with E-state index in [9.17, 15) is 53.7 Å². The molecule has 8 aromatic rings. The zero-order chi connectivity index (χ0) is 95.2. The maximum atomic E-state index is 14.8. The average Bonchev–Trinajstić information content (AvgIpc) is 1.69. The third-order valence-corrected chi connectivity index (χ3v) is 28.0. The molecule has 4 amide bonds. The summed E-state index contributed by atoms with van der Waals surface area (Å²) >= 11 is 0. The van der Waals surface area contributed by atoms with E-state index in [1.807, 2.05) is 76.9 Å². The number of esters is 1. The summed E-state index contributed by atoms with van der Waals surface area (Å²) in [4.78, 5) is 168. The second-order valence-corrected chi connectivity index (χ2v) is 37.3. The first-order valence-corrected chi connectivity index (χ1v) is 46.9. The number of allylic oxidation sites excluding steroid dienone is 6. The molecular formula is C97H121N21O17. The maximum Gasteiger partial charge on any atom is 0.410 e. The van der Waals surface area contributed by atoms with Crippen molar-refractivity contribution in [1.29, 1.82) is 0 Å². The number of piperazine rings is 2. The van der Waals surface area contributed by atoms with Crippen molar-refractivity contribution in [2.75, 3.05) is 112 Å². The molecule has 2 bridgehead atoms. The van der Waals surface area contributed by atoms with Crippen LogP contribution in [-0.2, 0) is 80.1 Å². The van der Waals surface area contributed by atoms with Crippen LogP contribution in [0.3, 0.4) is 0 Å². The highest BCUT2D eigenvalue weighted by molar-refractivity contribution is 6.39. The van der Waals surface area contributed by atoms with Crippen molar-refractivity contribution >= 4 is 98.9 Å². The van der Waals surface area contributed by atoms with E-state index in [2.05, 4.69) is 56.8 Å². The normalized spacial score (nSPS) is 28.0. The standard InChI is InChI=1S/C97H121N21O17/c1-55-14-10-9-11-15-56(2)77(130-7)44-69-22-17-60(6)97(129,135-69)85(123)90(126)117-27-13-12-16-73(117)91(127)132-78(45-74(119)57(3)39-59(5)83(121)84(122)82(120)58(4)38-55)70(98)41-61-19-23-76(79(42-61)131-8)134-96(128)116-29-26-71-68(53-116)50-105-95(109-71)114-36-34-113(35-37-114)94-101-46-66(47-102-94)88(124)111-30-32-112(33-31-111)93-103-48-67(49-104-93)89(125)115-28-25-63-40-62(18-20-65(63)52-115)51-118-87-80(86(99)106-54-107-87)81(110-118)64-21-24-75-72(43-64)108-92(100)133-75/h9-11,14-15,18,20-21,24,39-40,43,46-50,54-55,57-58,60-61,69-70,73,76-79,83-84,121-122,129H,12-13,16-17,19,22-23,25-38,41-42,44-45,51-53,98H2,1-8H3,(H2,100,108)(H2,99,106,107)/b11-9+,14-10+,56-15+,59-39+/t55-,57-,58-,60-,61+,69+,70-,73+,76-,77+,78+,79-,83-,84+,97-/m1/s1. The summed E-state index contributed by atoms with van der Waals surface area (Å²) < 4.78 is 38.0. The lowest BCUT2D eigenvalue weighted by molar-refractivity contribution is -0.265. The Hall–Kier alpha value is -12.5. The zero-order valence-corrected chi connectivity index (χ0v) is 77.6. The molecule has 38 heteroatoms. The molecule has 1 aliphatic carbocycles. The van der Waals surface area contributed by atoms with Crippen LogP contribution in [0.1, 0.15) is 167 Å². The van der Waals surface area contributed by atoms with Gasteiger partial charge in [0.2, 0.25) is 23.6 Å². The molecule has 15 atom stereocenters. The van der Waals surface area contributed by atoms with E-state index in [4.69, 9.17) is 60.4 Å². The number of nitrogens with zero attached hydrogens (tertiary/aromatic N) is 18. The number of nitrogens with two attached hydrogens (primary N) is 3. The molecule has 4 saturated heterocycles. The summed E-state index contributed by atoms with van der Waals surface area (Å²) in [5, 5.41) is 40.4. The van der Waals surface area contributed by atoms with Crippen molar-refractivity contribution in [3.8, 4) is 11.3 Å². The number of oxazole rings is 1. The molecule has 6 aromatic heterocycles. The van der Waals surface area contributed by atoms with Gasteiger partial charge >= 0.3 is 12.1 Å². The summed E-state index contributed by atoms with van der Waals surface area (Å²) in [5.74, 6) is -7.90. The van der Waals surface area contributed by atoms with Crippen LogP contribution in [0.4, 0.5) is 34.5 Å². The average molecular weight is 1850 g/mol. The number of aliphatic hydroxyl groups is 3. The van der Waals surface area contributed by atoms with Crippen molar-refractivity contribution in [3.63, 3.8) is 0 Å². The molecular weight excluding hydrogens is 1730 g/mol. The van der Waals surface area contributed by atoms with Crippen molar-refractivity contribution in [2.24, 2.45) is 35.3 Å². The molecule has 13 heterocycles. The fourth-order valence-corrected chi connectivity index (χ4v) is 19.9. The van der Waals surface area contributed by atoms with Gasteiger partial charge in [-0.2, -0.15) is 10.1 Å². The van der Waals surface area contributed by atoms with Crippen LogP contribution in [-0.4, -0.2) is 283 Å². The fourth-order valence-electron chi connectivity index (χ4n) is 19.9. The van der Waals surface area contributed by atoms with Gasteiger partial charge in [0, 0.05) is 178 Å². The molecule has 5 fully saturated rings. The fraction of sp³-hybridized carbons (Fsp3) is 0.526. The number of aliphatic hydroxyl groups excluding tert-OH is 2. The van der Waals surface area contributed by atoms with E-state index in [0.29, 0.717) is 205 Å². The number of hydrogen-bond donors (Lipinski definition) is 6. The minimum absolute atomic E-state index is 0.00875. The number of ether oxygens (including phenoxy) is 5. The zero-order valence-electron chi connectivity index (χ0n) is 77.6. The summed E-state index contributed by atoms with van der Waals surface area (Å²) in [5.41, 5.74) is 29.0. The van der Waals surface area contributed by atoms with Crippen LogP contribution in [0.25, 0.3) is 33.4 Å². The minimum Gasteiger partial charge on any atom is -0.459 e. The van der Waals surface area contributed by atoms with Gasteiger partial charge in [0.05, 0.1) is 53.6 Å². The molecule has 16 rings (SSSR count). The van der Waals surface area contributed by atoms with E-state index in [0.717, 1.165) is 44.0 Å². The summed E-state index contributed by atoms with van der Waals surface area (Å²) in [6, 6.07) is 9.55. The Morgan fingerprint density at radius 2 is 1.34 bits per heavy atom. The van der Waals surface area contributed by atoms with Crippen LogP contribution in [0.2, 0.25) is 0 Å². The van der Waals surface area contributed by atoms with Gasteiger partial charge in [-0.05, 0) is 142 Å². The van der Waals surface area contributed by atoms with Crippen LogP contribution < -0.4 is 31.9 Å². The van der Waals surface area contributed by atoms with Gasteiger partial charge in [0.15, 0.2) is 17.0 Å². The van der Waals surface area contributed by atoms with Gasteiger partial charge in [-0.3, -0.25) is 28.8 Å². The molecule has 0 spiro atoms. The molecule has 9 N–H and O–H groups in total. The summed E-state index contributed by atoms with van der Waals surface area (Å²) in [7, 11) is 3.09. The van der Waals surface area contributed by atoms with Crippen molar-refractivity contribution in [3.05, 3.63) is 160 Å². The Morgan fingerprint density at radius 3 is 2.06 bits per heavy atom. The number of amides is 4. The van der Waals surface area contributed by atoms with Gasteiger partial charge in [-0.25, -0.2) is 54.1 Å². The lowest BCUT2D eigenvalue weighted by Crippen LogP contribution is -2.61. The van der Waals surface area contributed by atoms with Gasteiger partial charge in [0.1, 0.15) is 59.6 Å². The number of rotatable bonds is 14. The lowest BCUT2D eigenvalue weighted by Gasteiger charge is -2.42. The van der Waals surface area contributed by atoms with Crippen LogP contribution in [0.15, 0.2) is 126 Å². The number of hydrogen-bond acceptors (Lipinski definition) is 33. The van der Waals surface area contributed by atoms with E-state index < -0.39 is 120 Å². The van der Waals surface area contributed by atoms with Crippen LogP contribution in [0.5, 0.6) is 0 Å². The predicted molar refractivity (Wildman–Crippen MR) is 497 cm³/mol. The number of carbonyl (C=O) groups excluding carboxylic acids is 8. The Labute approximate surface area is 782 Å². The molecule has 0 radical (unpaired) electrons. The number of aromatic nitrogens is 11. The number of methoxy groups -OCH3 is 2. The van der Waals surface area contributed by atoms with E-state index in [1.165, 1.54) is 26.4 Å². The number of piperidine rings is 1. The van der Waals surface area contributed by atoms with E-state index in [-0.39, 0.29) is 67.6 Å². The van der Waals surface area contributed by atoms with Crippen molar-refractivity contribution in [1.82, 2.24) is 74.2 Å². The van der Waals surface area contributed by atoms with Crippen LogP contribution in [0, 0.1) is 29.6 Å². The van der Waals surface area contributed by atoms with E-state index >= 15 is 0 Å². The Balaban J connectivity index is 0.485. The monoisotopic (exact) mass is 1850 g/mol. The highest BCUT2D eigenvalue weighted by atomic mass is 16.6. The molecule has 0 unspecified atom stereocenters. The molecule has 38 nitrogen and oxygen atoms in total. The molecule has 716 valence electrons. The van der Waals surface area contributed by atoms with Crippen molar-refractivity contribution < 1.29 is 81.8 Å². The number of nitrogen functional groups attached to an aromatic ring is 2. The van der Waals surface area contributed by atoms with Gasteiger partial charge in [-0.15, -0.1) is 0 Å². The highest BCUT2D eigenvalue weighted by Crippen LogP contribution is 2.40. The number of anilines is 5. The lowest BCUT2D eigenvalue weighted by atomic mass is 9.80. The second-order valence-electron chi connectivity index (χ2n) is 37.3. The second kappa shape index (κ2) is 41.8. The number of benzene rings is 2. The first-order valence-electron chi connectivity index (χ1n) is 46.9. The number of fused-ring (bicyclic) bond motifs is 7. The summed E-state index contributed by atoms with van der Waals surface area (Å²) in [6.45, 7) is 16.2. The van der Waals surface area contributed by atoms with Gasteiger partial charge in [-0.1, -0.05) is 82.4 Å². The number of carbonyl (C=O) groups is 8. The quantitative estimate of drug-likeness (QED) is 0.0350. The predicted octanol–water partition coefficient (Wildman–Crippen LogP) is 7.44. The third kappa shape index (κ3) is 21.5. The molecule has 1 saturated carbocycles.